The Bertz CT molecular complexity index is 332. The van der Waals surface area contributed by atoms with Gasteiger partial charge in [0.25, 0.3) is 0 Å². The molecule has 0 spiro atoms. The summed E-state index contributed by atoms with van der Waals surface area (Å²) >= 11 is 7.76. The van der Waals surface area contributed by atoms with Gasteiger partial charge in [-0.2, -0.15) is 0 Å². The van der Waals surface area contributed by atoms with E-state index in [0.717, 1.165) is 0 Å². The highest BCUT2D eigenvalue weighted by Crippen LogP contribution is 2.72. The SMILES string of the molecule is CC[C@]1(C)CC1(CC(C)(C)C)C(=S)SC(C)(C)C. The Morgan fingerprint density at radius 2 is 1.67 bits per heavy atom. The topological polar surface area (TPSA) is 0 Å². The van der Waals surface area contributed by atoms with Gasteiger partial charge in [0.2, 0.25) is 0 Å². The van der Waals surface area contributed by atoms with E-state index in [2.05, 4.69) is 55.4 Å². The van der Waals surface area contributed by atoms with Crippen LogP contribution in [0.3, 0.4) is 0 Å². The molecule has 0 heterocycles. The monoisotopic (exact) mass is 286 g/mol. The van der Waals surface area contributed by atoms with Crippen molar-refractivity contribution in [1.82, 2.24) is 0 Å². The van der Waals surface area contributed by atoms with E-state index < -0.39 is 0 Å². The highest BCUT2D eigenvalue weighted by atomic mass is 32.2. The van der Waals surface area contributed by atoms with Gasteiger partial charge in [0.15, 0.2) is 0 Å². The van der Waals surface area contributed by atoms with Gasteiger partial charge in [-0.3, -0.25) is 0 Å². The fourth-order valence-corrected chi connectivity index (χ4v) is 5.32. The lowest BCUT2D eigenvalue weighted by Crippen LogP contribution is -2.27. The number of hydrogen-bond acceptors (Lipinski definition) is 2. The molecule has 1 fully saturated rings. The molecule has 106 valence electrons. The van der Waals surface area contributed by atoms with E-state index in [9.17, 15) is 0 Å². The minimum Gasteiger partial charge on any atom is -0.112 e. The molecule has 0 aliphatic heterocycles. The van der Waals surface area contributed by atoms with Gasteiger partial charge in [0.05, 0.1) is 4.20 Å². The highest BCUT2D eigenvalue weighted by Gasteiger charge is 2.66. The summed E-state index contributed by atoms with van der Waals surface area (Å²) in [6, 6.07) is 0. The van der Waals surface area contributed by atoms with Crippen LogP contribution in [0.1, 0.15) is 74.7 Å². The molecular formula is C16H30S2. The van der Waals surface area contributed by atoms with Crippen molar-refractivity contribution >= 4 is 28.2 Å². The van der Waals surface area contributed by atoms with Gasteiger partial charge in [-0.1, -0.05) is 67.6 Å². The first-order valence-corrected chi connectivity index (χ1v) is 8.31. The van der Waals surface area contributed by atoms with Crippen LogP contribution in [0.25, 0.3) is 0 Å². The maximum atomic E-state index is 5.85. The Labute approximate surface area is 124 Å². The third-order valence-electron chi connectivity index (χ3n) is 4.12. The van der Waals surface area contributed by atoms with Crippen LogP contribution in [0.5, 0.6) is 0 Å². The second-order valence-corrected chi connectivity index (χ2v) is 10.9. The summed E-state index contributed by atoms with van der Waals surface area (Å²) < 4.78 is 1.49. The van der Waals surface area contributed by atoms with Gasteiger partial charge >= 0.3 is 0 Å². The Balaban J connectivity index is 2.93. The Kier molecular flexibility index (Phi) is 4.37. The Morgan fingerprint density at radius 1 is 1.17 bits per heavy atom. The second-order valence-electron chi connectivity index (χ2n) is 8.41. The van der Waals surface area contributed by atoms with E-state index in [1.807, 2.05) is 11.8 Å². The van der Waals surface area contributed by atoms with Gasteiger partial charge in [0.1, 0.15) is 0 Å². The van der Waals surface area contributed by atoms with E-state index in [1.54, 1.807) is 0 Å². The molecule has 0 radical (unpaired) electrons. The van der Waals surface area contributed by atoms with Crippen molar-refractivity contribution in [3.05, 3.63) is 0 Å². The van der Waals surface area contributed by atoms with Crippen LogP contribution in [0, 0.1) is 16.2 Å². The molecule has 0 saturated heterocycles. The fraction of sp³-hybridized carbons (Fsp3) is 0.938. The first kappa shape index (κ1) is 16.5. The van der Waals surface area contributed by atoms with E-state index in [0.29, 0.717) is 16.2 Å². The standard InChI is InChI=1S/C16H30S2/c1-9-15(8)11-16(15,10-13(2,3)4)12(17)18-14(5,6)7/h9-11H2,1-8H3/t15-,16?/m1/s1. The summed E-state index contributed by atoms with van der Waals surface area (Å²) in [7, 11) is 0. The van der Waals surface area contributed by atoms with Crippen molar-refractivity contribution in [3.63, 3.8) is 0 Å². The maximum Gasteiger partial charge on any atom is 0.0551 e. The van der Waals surface area contributed by atoms with Gasteiger partial charge in [0, 0.05) is 10.2 Å². The van der Waals surface area contributed by atoms with Gasteiger partial charge in [-0.05, 0) is 30.1 Å². The molecule has 0 aromatic carbocycles. The van der Waals surface area contributed by atoms with Gasteiger partial charge < -0.3 is 0 Å². The molecule has 0 aromatic heterocycles. The van der Waals surface area contributed by atoms with Crippen LogP contribution in [-0.2, 0) is 0 Å². The molecular weight excluding hydrogens is 256 g/mol. The van der Waals surface area contributed by atoms with Crippen molar-refractivity contribution in [2.75, 3.05) is 0 Å². The zero-order chi connectivity index (χ0) is 14.4. The third-order valence-corrected chi connectivity index (χ3v) is 5.95. The lowest BCUT2D eigenvalue weighted by molar-refractivity contribution is 0.285. The van der Waals surface area contributed by atoms with Crippen LogP contribution >= 0.6 is 24.0 Å². The average Bonchev–Trinajstić information content (AvgIpc) is 2.68. The highest BCUT2D eigenvalue weighted by molar-refractivity contribution is 8.24. The van der Waals surface area contributed by atoms with Crippen molar-refractivity contribution in [1.29, 1.82) is 0 Å². The van der Waals surface area contributed by atoms with Crippen LogP contribution in [-0.4, -0.2) is 8.94 Å². The average molecular weight is 287 g/mol. The molecule has 1 unspecified atom stereocenters. The number of hydrogen-bond donors (Lipinski definition) is 0. The molecule has 2 atom stereocenters. The number of rotatable bonds is 3. The molecule has 1 aliphatic rings. The summed E-state index contributed by atoms with van der Waals surface area (Å²) in [6.45, 7) is 18.6. The molecule has 1 saturated carbocycles. The van der Waals surface area contributed by atoms with Crippen LogP contribution in [0.4, 0.5) is 0 Å². The van der Waals surface area contributed by atoms with E-state index in [1.165, 1.54) is 23.5 Å². The third kappa shape index (κ3) is 3.50. The zero-order valence-corrected chi connectivity index (χ0v) is 15.1. The molecule has 1 rings (SSSR count). The van der Waals surface area contributed by atoms with Gasteiger partial charge in [-0.25, -0.2) is 0 Å². The molecule has 0 amide bonds. The zero-order valence-electron chi connectivity index (χ0n) is 13.4. The first-order valence-electron chi connectivity index (χ1n) is 7.09. The summed E-state index contributed by atoms with van der Waals surface area (Å²) in [5, 5.41) is 0. The van der Waals surface area contributed by atoms with E-state index in [4.69, 9.17) is 12.2 Å². The molecule has 2 heteroatoms. The predicted molar refractivity (Wildman–Crippen MR) is 89.5 cm³/mol. The summed E-state index contributed by atoms with van der Waals surface area (Å²) in [6.07, 6.45) is 3.76. The predicted octanol–water partition coefficient (Wildman–Crippen LogP) is 6.09. The van der Waals surface area contributed by atoms with E-state index in [-0.39, 0.29) is 4.75 Å². The summed E-state index contributed by atoms with van der Waals surface area (Å²) in [5.74, 6) is 0. The number of thiocarbonyl (C=S) groups is 1. The Hall–Kier alpha value is 0.440. The van der Waals surface area contributed by atoms with Crippen LogP contribution < -0.4 is 0 Å². The summed E-state index contributed by atoms with van der Waals surface area (Å²) in [5.41, 5.74) is 1.10. The molecule has 18 heavy (non-hydrogen) atoms. The fourth-order valence-electron chi connectivity index (χ4n) is 3.03. The van der Waals surface area contributed by atoms with Crippen molar-refractivity contribution in [2.45, 2.75) is 79.4 Å². The molecule has 0 aromatic rings. The molecule has 0 nitrogen and oxygen atoms in total. The molecule has 0 bridgehead atoms. The first-order chi connectivity index (χ1) is 7.85. The van der Waals surface area contributed by atoms with Crippen molar-refractivity contribution < 1.29 is 0 Å². The minimum absolute atomic E-state index is 0.235. The van der Waals surface area contributed by atoms with Crippen LogP contribution in [0.15, 0.2) is 0 Å². The van der Waals surface area contributed by atoms with Crippen molar-refractivity contribution in [2.24, 2.45) is 16.2 Å². The molecule has 0 N–H and O–H groups in total. The normalized spacial score (nSPS) is 32.4. The molecule has 1 aliphatic carbocycles. The lowest BCUT2D eigenvalue weighted by Gasteiger charge is -2.32. The van der Waals surface area contributed by atoms with Crippen LogP contribution in [0.2, 0.25) is 0 Å². The maximum absolute atomic E-state index is 5.85. The smallest absolute Gasteiger partial charge is 0.0551 e. The van der Waals surface area contributed by atoms with Crippen molar-refractivity contribution in [3.8, 4) is 0 Å². The summed E-state index contributed by atoms with van der Waals surface area (Å²) in [4.78, 5) is 0. The second kappa shape index (κ2) is 4.77. The lowest BCUT2D eigenvalue weighted by atomic mass is 9.79. The largest absolute Gasteiger partial charge is 0.112 e. The van der Waals surface area contributed by atoms with Gasteiger partial charge in [-0.15, -0.1) is 11.8 Å². The number of thioether (sulfide) groups is 1. The quantitative estimate of drug-likeness (QED) is 0.576. The van der Waals surface area contributed by atoms with E-state index >= 15 is 0 Å². The Morgan fingerprint density at radius 3 is 1.94 bits per heavy atom. The minimum atomic E-state index is 0.235.